The molecule has 0 saturated carbocycles. The number of anilines is 1. The molecular formula is C22H22F2N4O2S. The Labute approximate surface area is 183 Å². The molecule has 0 bridgehead atoms. The lowest BCUT2D eigenvalue weighted by molar-refractivity contribution is -0.115. The maximum absolute atomic E-state index is 13.3. The first-order valence-electron chi connectivity index (χ1n) is 9.54. The van der Waals surface area contributed by atoms with Crippen LogP contribution in [0.4, 0.5) is 13.9 Å². The topological polar surface area (TPSA) is 76.5 Å². The van der Waals surface area contributed by atoms with Crippen LogP contribution in [0.25, 0.3) is 0 Å². The molecule has 6 nitrogen and oxygen atoms in total. The number of carbonyl (C=O) groups excluding carboxylic acids is 1. The lowest BCUT2D eigenvalue weighted by Gasteiger charge is -2.10. The second kappa shape index (κ2) is 9.74. The summed E-state index contributed by atoms with van der Waals surface area (Å²) >= 11 is 1.14. The number of benzene rings is 2. The van der Waals surface area contributed by atoms with Gasteiger partial charge in [-0.3, -0.25) is 4.79 Å². The molecule has 2 aromatic carbocycles. The largest absolute Gasteiger partial charge is 0.391 e. The first-order valence-corrected chi connectivity index (χ1v) is 10.3. The van der Waals surface area contributed by atoms with E-state index < -0.39 is 5.92 Å². The zero-order chi connectivity index (χ0) is 22.4. The Hall–Kier alpha value is -3.20. The zero-order valence-corrected chi connectivity index (χ0v) is 18.2. The molecule has 3 aromatic rings. The van der Waals surface area contributed by atoms with Crippen molar-refractivity contribution in [3.8, 4) is 0 Å². The predicted octanol–water partition coefficient (Wildman–Crippen LogP) is 5.08. The first kappa shape index (κ1) is 22.5. The van der Waals surface area contributed by atoms with E-state index in [1.807, 2.05) is 24.3 Å². The number of rotatable bonds is 8. The summed E-state index contributed by atoms with van der Waals surface area (Å²) in [4.78, 5) is 21.7. The van der Waals surface area contributed by atoms with Crippen molar-refractivity contribution in [3.05, 3.63) is 76.6 Å². The fourth-order valence-electron chi connectivity index (χ4n) is 2.75. The molecule has 3 rings (SSSR count). The van der Waals surface area contributed by atoms with Gasteiger partial charge >= 0.3 is 0 Å². The molecule has 0 fully saturated rings. The van der Waals surface area contributed by atoms with Crippen molar-refractivity contribution in [3.63, 3.8) is 0 Å². The van der Waals surface area contributed by atoms with E-state index in [0.717, 1.165) is 35.1 Å². The van der Waals surface area contributed by atoms with Crippen LogP contribution >= 0.6 is 11.5 Å². The van der Waals surface area contributed by atoms with Crippen molar-refractivity contribution in [2.24, 2.45) is 5.16 Å². The smallest absolute Gasteiger partial charge is 0.270 e. The van der Waals surface area contributed by atoms with E-state index in [4.69, 9.17) is 4.84 Å². The number of hydrogen-bond donors (Lipinski definition) is 1. The van der Waals surface area contributed by atoms with Crippen LogP contribution in [0.1, 0.15) is 41.9 Å². The average Bonchev–Trinajstić information content (AvgIpc) is 3.12. The number of oxime groups is 1. The molecule has 31 heavy (non-hydrogen) atoms. The zero-order valence-electron chi connectivity index (χ0n) is 17.4. The Morgan fingerprint density at radius 3 is 2.58 bits per heavy atom. The monoisotopic (exact) mass is 444 g/mol. The van der Waals surface area contributed by atoms with Crippen LogP contribution in [0.15, 0.2) is 53.7 Å². The number of alkyl halides is 2. The summed E-state index contributed by atoms with van der Waals surface area (Å²) in [5.74, 6) is -2.43. The van der Waals surface area contributed by atoms with Crippen LogP contribution in [0.2, 0.25) is 0 Å². The lowest BCUT2D eigenvalue weighted by Crippen LogP contribution is -2.14. The highest BCUT2D eigenvalue weighted by Crippen LogP contribution is 2.26. The van der Waals surface area contributed by atoms with Crippen LogP contribution in [0.3, 0.4) is 0 Å². The Balaban J connectivity index is 1.56. The summed E-state index contributed by atoms with van der Waals surface area (Å²) < 4.78 is 30.6. The number of nitrogens with one attached hydrogen (secondary N) is 1. The molecule has 0 aliphatic carbocycles. The third-order valence-corrected chi connectivity index (χ3v) is 5.10. The standard InChI is InChI=1S/C22H22F2N4O2S/c1-14(27-30-13-16-7-9-19(10-8-16)22(3,23)24)18-6-4-5-17(11-18)12-20(29)26-21-25-15(2)28-31-21/h4-11H,12-13H2,1-3H3,(H,25,26,28,29)/b27-14-. The molecule has 1 amide bonds. The van der Waals surface area contributed by atoms with Gasteiger partial charge in [-0.15, -0.1) is 0 Å². The average molecular weight is 445 g/mol. The molecule has 9 heteroatoms. The van der Waals surface area contributed by atoms with Gasteiger partial charge in [0.15, 0.2) is 0 Å². The molecule has 0 aliphatic rings. The lowest BCUT2D eigenvalue weighted by atomic mass is 10.1. The normalized spacial score (nSPS) is 12.0. The van der Waals surface area contributed by atoms with Crippen LogP contribution in [0.5, 0.6) is 0 Å². The number of amides is 1. The van der Waals surface area contributed by atoms with Gasteiger partial charge in [0.2, 0.25) is 11.0 Å². The fraction of sp³-hybridized carbons (Fsp3) is 0.273. The quantitative estimate of drug-likeness (QED) is 0.388. The molecule has 0 aliphatic heterocycles. The van der Waals surface area contributed by atoms with Crippen LogP contribution < -0.4 is 5.32 Å². The highest BCUT2D eigenvalue weighted by molar-refractivity contribution is 7.09. The second-order valence-electron chi connectivity index (χ2n) is 7.11. The number of nitrogens with zero attached hydrogens (tertiary/aromatic N) is 3. The van der Waals surface area contributed by atoms with Gasteiger partial charge in [0.1, 0.15) is 12.4 Å². The number of halogens is 2. The first-order chi connectivity index (χ1) is 14.7. The summed E-state index contributed by atoms with van der Waals surface area (Å²) in [5, 5.41) is 7.31. The van der Waals surface area contributed by atoms with Gasteiger partial charge in [0.25, 0.3) is 5.92 Å². The number of hydrogen-bond acceptors (Lipinski definition) is 6. The molecule has 162 valence electrons. The van der Waals surface area contributed by atoms with Gasteiger partial charge in [-0.05, 0) is 36.6 Å². The Kier molecular flexibility index (Phi) is 7.06. The van der Waals surface area contributed by atoms with Crippen LogP contribution in [0, 0.1) is 6.92 Å². The van der Waals surface area contributed by atoms with E-state index in [0.29, 0.717) is 16.7 Å². The number of aryl methyl sites for hydroxylation is 1. The van der Waals surface area contributed by atoms with Crippen LogP contribution in [-0.2, 0) is 28.6 Å². The minimum absolute atomic E-state index is 0.0435. The van der Waals surface area contributed by atoms with E-state index in [2.05, 4.69) is 19.8 Å². The van der Waals surface area contributed by atoms with Gasteiger partial charge in [-0.2, -0.15) is 4.37 Å². The summed E-state index contributed by atoms with van der Waals surface area (Å²) in [7, 11) is 0. The Morgan fingerprint density at radius 1 is 1.19 bits per heavy atom. The van der Waals surface area contributed by atoms with E-state index in [1.165, 1.54) is 12.1 Å². The van der Waals surface area contributed by atoms with Gasteiger partial charge in [-0.1, -0.05) is 47.6 Å². The van der Waals surface area contributed by atoms with Crippen molar-refractivity contribution in [1.29, 1.82) is 0 Å². The summed E-state index contributed by atoms with van der Waals surface area (Å²) in [5.41, 5.74) is 2.97. The summed E-state index contributed by atoms with van der Waals surface area (Å²) in [6.45, 7) is 4.58. The fourth-order valence-corrected chi connectivity index (χ4v) is 3.34. The summed E-state index contributed by atoms with van der Waals surface area (Å²) in [6.07, 6.45) is 0.189. The maximum atomic E-state index is 13.3. The van der Waals surface area contributed by atoms with Gasteiger partial charge in [-0.25, -0.2) is 13.8 Å². The number of carbonyl (C=O) groups is 1. The molecular weight excluding hydrogens is 422 g/mol. The van der Waals surface area contributed by atoms with Gasteiger partial charge in [0, 0.05) is 24.0 Å². The third kappa shape index (κ3) is 6.65. The number of aromatic nitrogens is 2. The Morgan fingerprint density at radius 2 is 1.94 bits per heavy atom. The predicted molar refractivity (Wildman–Crippen MR) is 116 cm³/mol. The molecule has 0 unspecified atom stereocenters. The summed E-state index contributed by atoms with van der Waals surface area (Å²) in [6, 6.07) is 13.4. The van der Waals surface area contributed by atoms with Crippen molar-refractivity contribution >= 4 is 28.3 Å². The molecule has 0 spiro atoms. The van der Waals surface area contributed by atoms with E-state index in [1.54, 1.807) is 26.0 Å². The minimum Gasteiger partial charge on any atom is -0.391 e. The van der Waals surface area contributed by atoms with Crippen molar-refractivity contribution < 1.29 is 18.4 Å². The molecule has 0 radical (unpaired) electrons. The highest BCUT2D eigenvalue weighted by atomic mass is 32.1. The SMILES string of the molecule is C/C(=N/OCc1ccc(C(C)(F)F)cc1)c1cccc(CC(=O)Nc2nc(C)ns2)c1. The molecule has 1 heterocycles. The minimum atomic E-state index is -2.87. The third-order valence-electron chi connectivity index (χ3n) is 4.38. The second-order valence-corrected chi connectivity index (χ2v) is 7.86. The van der Waals surface area contributed by atoms with Crippen molar-refractivity contribution in [2.45, 2.75) is 39.7 Å². The highest BCUT2D eigenvalue weighted by Gasteiger charge is 2.23. The van der Waals surface area contributed by atoms with E-state index in [-0.39, 0.29) is 24.5 Å². The molecule has 0 saturated heterocycles. The molecule has 1 aromatic heterocycles. The van der Waals surface area contributed by atoms with Crippen LogP contribution in [-0.4, -0.2) is 21.0 Å². The Bertz CT molecular complexity index is 1080. The maximum Gasteiger partial charge on any atom is 0.270 e. The van der Waals surface area contributed by atoms with Gasteiger partial charge < -0.3 is 10.2 Å². The molecule has 1 N–H and O–H groups in total. The van der Waals surface area contributed by atoms with Crippen molar-refractivity contribution in [2.75, 3.05) is 5.32 Å². The van der Waals surface area contributed by atoms with Gasteiger partial charge in [0.05, 0.1) is 12.1 Å². The van der Waals surface area contributed by atoms with Crippen molar-refractivity contribution in [1.82, 2.24) is 9.36 Å². The van der Waals surface area contributed by atoms with E-state index >= 15 is 0 Å². The van der Waals surface area contributed by atoms with E-state index in [9.17, 15) is 13.6 Å². The molecule has 0 atom stereocenters.